The second kappa shape index (κ2) is 6.18. The van der Waals surface area contributed by atoms with Crippen LogP contribution in [-0.2, 0) is 24.2 Å². The van der Waals surface area contributed by atoms with Crippen LogP contribution in [0.25, 0.3) is 0 Å². The van der Waals surface area contributed by atoms with E-state index in [9.17, 15) is 4.79 Å². The Balaban J connectivity index is 1.56. The zero-order valence-electron chi connectivity index (χ0n) is 13.1. The van der Waals surface area contributed by atoms with Crippen LogP contribution in [0.1, 0.15) is 56.0 Å². The first kappa shape index (κ1) is 14.6. The fraction of sp³-hybridized carbons (Fsp3) is 0.750. The van der Waals surface area contributed by atoms with Crippen LogP contribution < -0.4 is 5.32 Å². The number of amides is 1. The molecule has 0 bridgehead atoms. The molecule has 1 saturated carbocycles. The average Bonchev–Trinajstić information content (AvgIpc) is 3.17. The Bertz CT molecular complexity index is 504. The lowest BCUT2D eigenvalue weighted by Gasteiger charge is -2.25. The molecule has 1 aromatic heterocycles. The Labute approximate surface area is 126 Å². The van der Waals surface area contributed by atoms with E-state index in [1.807, 2.05) is 14.0 Å². The second-order valence-corrected chi connectivity index (χ2v) is 6.56. The number of fused-ring (bicyclic) bond motifs is 1. The summed E-state index contributed by atoms with van der Waals surface area (Å²) in [7, 11) is 2.01. The highest BCUT2D eigenvalue weighted by Gasteiger charge is 2.25. The summed E-state index contributed by atoms with van der Waals surface area (Å²) in [4.78, 5) is 14.4. The minimum absolute atomic E-state index is 0.112. The third-order valence-corrected chi connectivity index (χ3v) is 5.03. The van der Waals surface area contributed by atoms with Gasteiger partial charge in [-0.2, -0.15) is 5.10 Å². The minimum atomic E-state index is -0.112. The van der Waals surface area contributed by atoms with Gasteiger partial charge in [0.15, 0.2) is 0 Å². The Morgan fingerprint density at radius 1 is 1.38 bits per heavy atom. The Morgan fingerprint density at radius 2 is 2.14 bits per heavy atom. The highest BCUT2D eigenvalue weighted by atomic mass is 16.2. The van der Waals surface area contributed by atoms with Gasteiger partial charge in [0.2, 0.25) is 5.91 Å². The number of nitrogens with one attached hydrogen (secondary N) is 2. The van der Waals surface area contributed by atoms with Gasteiger partial charge in [-0.05, 0) is 51.6 Å². The van der Waals surface area contributed by atoms with Gasteiger partial charge >= 0.3 is 0 Å². The van der Waals surface area contributed by atoms with Crippen LogP contribution in [0.3, 0.4) is 0 Å². The summed E-state index contributed by atoms with van der Waals surface area (Å²) in [6.07, 6.45) is 8.22. The summed E-state index contributed by atoms with van der Waals surface area (Å²) in [5.41, 5.74) is 3.79. The van der Waals surface area contributed by atoms with Gasteiger partial charge < -0.3 is 5.32 Å². The molecule has 5 nitrogen and oxygen atoms in total. The third kappa shape index (κ3) is 3.12. The lowest BCUT2D eigenvalue weighted by atomic mass is 10.1. The fourth-order valence-corrected chi connectivity index (χ4v) is 3.48. The molecule has 1 heterocycles. The molecule has 2 aliphatic rings. The molecular weight excluding hydrogens is 264 g/mol. The average molecular weight is 290 g/mol. The maximum absolute atomic E-state index is 12.3. The molecule has 0 spiro atoms. The molecule has 0 unspecified atom stereocenters. The van der Waals surface area contributed by atoms with E-state index < -0.39 is 0 Å². The van der Waals surface area contributed by atoms with Gasteiger partial charge in [-0.1, -0.05) is 12.8 Å². The number of rotatable bonds is 5. The molecule has 0 aliphatic heterocycles. The number of likely N-dealkylation sites (N-methyl/N-ethyl adjacent to an activating group) is 1. The van der Waals surface area contributed by atoms with Crippen molar-refractivity contribution in [3.63, 3.8) is 0 Å². The van der Waals surface area contributed by atoms with Gasteiger partial charge in [0.1, 0.15) is 0 Å². The van der Waals surface area contributed by atoms with E-state index in [0.717, 1.165) is 37.9 Å². The van der Waals surface area contributed by atoms with E-state index in [4.69, 9.17) is 0 Å². The van der Waals surface area contributed by atoms with Gasteiger partial charge in [0.05, 0.1) is 11.7 Å². The zero-order chi connectivity index (χ0) is 14.8. The number of aryl methyl sites for hydroxylation is 1. The van der Waals surface area contributed by atoms with Crippen LogP contribution in [0.2, 0.25) is 0 Å². The van der Waals surface area contributed by atoms with E-state index >= 15 is 0 Å². The van der Waals surface area contributed by atoms with E-state index in [0.29, 0.717) is 6.04 Å². The van der Waals surface area contributed by atoms with E-state index in [1.54, 1.807) is 0 Å². The van der Waals surface area contributed by atoms with Crippen LogP contribution >= 0.6 is 0 Å². The predicted octanol–water partition coefficient (Wildman–Crippen LogP) is 1.78. The van der Waals surface area contributed by atoms with Crippen molar-refractivity contribution in [2.45, 2.75) is 70.5 Å². The van der Waals surface area contributed by atoms with Crippen molar-refractivity contribution in [1.82, 2.24) is 20.4 Å². The molecule has 1 atom stereocenters. The molecule has 3 rings (SSSR count). The number of nitrogens with zero attached hydrogens (tertiary/aromatic N) is 2. The van der Waals surface area contributed by atoms with Gasteiger partial charge in [0.25, 0.3) is 0 Å². The molecule has 21 heavy (non-hydrogen) atoms. The van der Waals surface area contributed by atoms with Crippen LogP contribution in [0, 0.1) is 0 Å². The number of carbonyl (C=O) groups excluding carboxylic acids is 1. The van der Waals surface area contributed by atoms with Gasteiger partial charge in [-0.25, -0.2) is 0 Å². The molecule has 1 amide bonds. The molecule has 1 fully saturated rings. The van der Waals surface area contributed by atoms with E-state index in [-0.39, 0.29) is 11.9 Å². The van der Waals surface area contributed by atoms with Gasteiger partial charge in [-0.15, -0.1) is 0 Å². The summed E-state index contributed by atoms with van der Waals surface area (Å²) in [6.45, 7) is 2.72. The van der Waals surface area contributed by atoms with Crippen molar-refractivity contribution in [2.75, 3.05) is 7.05 Å². The standard InChI is InChI=1S/C16H26N4O/c1-11(16(21)17-12-6-3-4-7-12)20(2)10-15-13-8-5-9-14(13)18-19-15/h11-12H,3-10H2,1-2H3,(H,17,21)(H,18,19)/t11-/m1/s1. The first-order chi connectivity index (χ1) is 10.1. The van der Waals surface area contributed by atoms with Gasteiger partial charge in [-0.3, -0.25) is 14.8 Å². The predicted molar refractivity (Wildman–Crippen MR) is 81.9 cm³/mol. The number of carbonyl (C=O) groups is 1. The largest absolute Gasteiger partial charge is 0.352 e. The molecule has 2 aliphatic carbocycles. The van der Waals surface area contributed by atoms with Crippen molar-refractivity contribution in [3.8, 4) is 0 Å². The van der Waals surface area contributed by atoms with Crippen molar-refractivity contribution in [3.05, 3.63) is 17.0 Å². The second-order valence-electron chi connectivity index (χ2n) is 6.56. The summed E-state index contributed by atoms with van der Waals surface area (Å²) in [5, 5.41) is 10.7. The normalized spacial score (nSPS) is 20.0. The summed E-state index contributed by atoms with van der Waals surface area (Å²) < 4.78 is 0. The van der Waals surface area contributed by atoms with Crippen LogP contribution in [0.5, 0.6) is 0 Å². The van der Waals surface area contributed by atoms with Crippen molar-refractivity contribution in [1.29, 1.82) is 0 Å². The molecule has 0 saturated heterocycles. The monoisotopic (exact) mass is 290 g/mol. The third-order valence-electron chi connectivity index (χ3n) is 5.03. The number of hydrogen-bond donors (Lipinski definition) is 2. The van der Waals surface area contributed by atoms with E-state index in [2.05, 4.69) is 20.4 Å². The van der Waals surface area contributed by atoms with Crippen LogP contribution in [-0.4, -0.2) is 40.1 Å². The summed E-state index contributed by atoms with van der Waals surface area (Å²) in [5.74, 6) is 0.150. The Kier molecular flexibility index (Phi) is 4.29. The fourth-order valence-electron chi connectivity index (χ4n) is 3.48. The topological polar surface area (TPSA) is 61.0 Å². The van der Waals surface area contributed by atoms with Crippen LogP contribution in [0.15, 0.2) is 0 Å². The minimum Gasteiger partial charge on any atom is -0.352 e. The molecule has 5 heteroatoms. The molecule has 0 radical (unpaired) electrons. The number of aromatic amines is 1. The molecule has 2 N–H and O–H groups in total. The Morgan fingerprint density at radius 3 is 2.90 bits per heavy atom. The van der Waals surface area contributed by atoms with Crippen molar-refractivity contribution in [2.24, 2.45) is 0 Å². The number of H-pyrrole nitrogens is 1. The lowest BCUT2D eigenvalue weighted by Crippen LogP contribution is -2.46. The number of hydrogen-bond acceptors (Lipinski definition) is 3. The van der Waals surface area contributed by atoms with Crippen LogP contribution in [0.4, 0.5) is 0 Å². The highest BCUT2D eigenvalue weighted by molar-refractivity contribution is 5.81. The molecule has 0 aromatic carbocycles. The maximum atomic E-state index is 12.3. The summed E-state index contributed by atoms with van der Waals surface area (Å²) >= 11 is 0. The molecule has 116 valence electrons. The first-order valence-electron chi connectivity index (χ1n) is 8.20. The van der Waals surface area contributed by atoms with Gasteiger partial charge in [0, 0.05) is 18.3 Å². The summed E-state index contributed by atoms with van der Waals surface area (Å²) in [6, 6.07) is 0.280. The first-order valence-corrected chi connectivity index (χ1v) is 8.20. The number of aromatic nitrogens is 2. The maximum Gasteiger partial charge on any atom is 0.237 e. The molecule has 1 aromatic rings. The van der Waals surface area contributed by atoms with Crippen molar-refractivity contribution >= 4 is 5.91 Å². The van der Waals surface area contributed by atoms with E-state index in [1.165, 1.54) is 30.5 Å². The highest BCUT2D eigenvalue weighted by Crippen LogP contribution is 2.24. The SMILES string of the molecule is C[C@H](C(=O)NC1CCCC1)N(C)Cc1n[nH]c2c1CCC2. The Hall–Kier alpha value is -1.36. The zero-order valence-corrected chi connectivity index (χ0v) is 13.1. The quantitative estimate of drug-likeness (QED) is 0.869. The lowest BCUT2D eigenvalue weighted by molar-refractivity contribution is -0.126. The smallest absolute Gasteiger partial charge is 0.237 e. The molecular formula is C16H26N4O. The van der Waals surface area contributed by atoms with Crippen molar-refractivity contribution < 1.29 is 4.79 Å².